The van der Waals surface area contributed by atoms with Gasteiger partial charge in [-0.25, -0.2) is 0 Å². The summed E-state index contributed by atoms with van der Waals surface area (Å²) in [6.07, 6.45) is 7.62. The molecule has 2 bridgehead atoms. The Bertz CT molecular complexity index is 505. The Morgan fingerprint density at radius 1 is 1.29 bits per heavy atom. The summed E-state index contributed by atoms with van der Waals surface area (Å²) in [5, 5.41) is 12.8. The molecule has 1 aromatic rings. The van der Waals surface area contributed by atoms with Crippen LogP contribution in [0.25, 0.3) is 0 Å². The lowest BCUT2D eigenvalue weighted by atomic mass is 9.81. The maximum atomic E-state index is 9.12. The second-order valence-electron chi connectivity index (χ2n) is 6.43. The third-order valence-electron chi connectivity index (χ3n) is 4.93. The molecule has 112 valence electrons. The highest BCUT2D eigenvalue weighted by molar-refractivity contribution is 5.54. The van der Waals surface area contributed by atoms with Crippen LogP contribution in [-0.4, -0.2) is 24.7 Å². The number of benzene rings is 1. The molecule has 1 N–H and O–H groups in total. The normalized spacial score (nSPS) is 28.2. The van der Waals surface area contributed by atoms with Crippen LogP contribution in [0.1, 0.15) is 51.0 Å². The van der Waals surface area contributed by atoms with Crippen LogP contribution in [-0.2, 0) is 0 Å². The molecule has 2 saturated heterocycles. The van der Waals surface area contributed by atoms with Crippen LogP contribution < -0.4 is 10.2 Å². The fourth-order valence-electron chi connectivity index (χ4n) is 4.05. The van der Waals surface area contributed by atoms with Crippen molar-refractivity contribution in [3.8, 4) is 6.07 Å². The smallest absolute Gasteiger partial charge is 0.0992 e. The second-order valence-corrected chi connectivity index (χ2v) is 6.43. The average Bonchev–Trinajstić information content (AvgIpc) is 2.52. The SMILES string of the molecule is CCCNC1CC2CCCC(C1)N2c1cccc(C#N)c1. The van der Waals surface area contributed by atoms with Crippen molar-refractivity contribution in [3.05, 3.63) is 29.8 Å². The molecule has 0 aliphatic carbocycles. The van der Waals surface area contributed by atoms with Crippen LogP contribution in [0, 0.1) is 11.3 Å². The number of anilines is 1. The number of hydrogen-bond acceptors (Lipinski definition) is 3. The molecule has 2 aliphatic rings. The standard InChI is InChI=1S/C18H25N3/c1-2-9-20-15-11-17-7-4-8-18(12-15)21(17)16-6-3-5-14(10-16)13-19/h3,5-6,10,15,17-18,20H,2,4,7-9,11-12H2,1H3. The predicted octanol–water partition coefficient (Wildman–Crippen LogP) is 3.45. The number of rotatable bonds is 4. The Morgan fingerprint density at radius 3 is 2.71 bits per heavy atom. The molecule has 0 amide bonds. The van der Waals surface area contributed by atoms with Crippen molar-refractivity contribution in [1.82, 2.24) is 5.32 Å². The van der Waals surface area contributed by atoms with Crippen LogP contribution in [0.2, 0.25) is 0 Å². The van der Waals surface area contributed by atoms with E-state index in [9.17, 15) is 0 Å². The van der Waals surface area contributed by atoms with E-state index in [1.54, 1.807) is 0 Å². The minimum atomic E-state index is 0.640. The van der Waals surface area contributed by atoms with Gasteiger partial charge in [-0.3, -0.25) is 0 Å². The molecule has 21 heavy (non-hydrogen) atoms. The fraction of sp³-hybridized carbons (Fsp3) is 0.611. The molecule has 3 nitrogen and oxygen atoms in total. The lowest BCUT2D eigenvalue weighted by molar-refractivity contribution is 0.246. The quantitative estimate of drug-likeness (QED) is 0.920. The van der Waals surface area contributed by atoms with Crippen molar-refractivity contribution in [2.24, 2.45) is 0 Å². The summed E-state index contributed by atoms with van der Waals surface area (Å²) >= 11 is 0. The highest BCUT2D eigenvalue weighted by Gasteiger charge is 2.38. The number of hydrogen-bond donors (Lipinski definition) is 1. The first-order valence-electron chi connectivity index (χ1n) is 8.33. The third-order valence-corrected chi connectivity index (χ3v) is 4.93. The molecule has 3 rings (SSSR count). The lowest BCUT2D eigenvalue weighted by Gasteiger charge is -2.50. The molecule has 0 spiro atoms. The highest BCUT2D eigenvalue weighted by Crippen LogP contribution is 2.37. The summed E-state index contributed by atoms with van der Waals surface area (Å²) in [6, 6.07) is 12.4. The molecular formula is C18H25N3. The maximum absolute atomic E-state index is 9.12. The lowest BCUT2D eigenvalue weighted by Crippen LogP contribution is -2.56. The number of nitrogens with zero attached hydrogens (tertiary/aromatic N) is 2. The van der Waals surface area contributed by atoms with E-state index >= 15 is 0 Å². The molecular weight excluding hydrogens is 258 g/mol. The van der Waals surface area contributed by atoms with Crippen molar-refractivity contribution >= 4 is 5.69 Å². The Hall–Kier alpha value is -1.53. The van der Waals surface area contributed by atoms with Gasteiger partial charge < -0.3 is 10.2 Å². The summed E-state index contributed by atoms with van der Waals surface area (Å²) in [7, 11) is 0. The Balaban J connectivity index is 1.78. The number of nitriles is 1. The molecule has 1 aromatic carbocycles. The minimum Gasteiger partial charge on any atom is -0.365 e. The van der Waals surface area contributed by atoms with Crippen LogP contribution in [0.3, 0.4) is 0 Å². The first-order valence-corrected chi connectivity index (χ1v) is 8.33. The first kappa shape index (κ1) is 14.4. The molecule has 2 fully saturated rings. The topological polar surface area (TPSA) is 39.1 Å². The van der Waals surface area contributed by atoms with Gasteiger partial charge in [0.05, 0.1) is 11.6 Å². The molecule has 2 heterocycles. The molecule has 0 aromatic heterocycles. The molecule has 2 atom stereocenters. The summed E-state index contributed by atoms with van der Waals surface area (Å²) < 4.78 is 0. The predicted molar refractivity (Wildman–Crippen MR) is 86.4 cm³/mol. The number of nitrogens with one attached hydrogen (secondary N) is 1. The molecule has 3 heteroatoms. The van der Waals surface area contributed by atoms with Gasteiger partial charge in [0.15, 0.2) is 0 Å². The van der Waals surface area contributed by atoms with Gasteiger partial charge in [0.2, 0.25) is 0 Å². The van der Waals surface area contributed by atoms with E-state index in [1.807, 2.05) is 12.1 Å². The zero-order valence-corrected chi connectivity index (χ0v) is 12.9. The van der Waals surface area contributed by atoms with Gasteiger partial charge in [0.25, 0.3) is 0 Å². The van der Waals surface area contributed by atoms with Crippen LogP contribution in [0.15, 0.2) is 24.3 Å². The van der Waals surface area contributed by atoms with E-state index < -0.39 is 0 Å². The Kier molecular flexibility index (Phi) is 4.45. The van der Waals surface area contributed by atoms with Crippen molar-refractivity contribution in [3.63, 3.8) is 0 Å². The van der Waals surface area contributed by atoms with Gasteiger partial charge in [-0.1, -0.05) is 13.0 Å². The molecule has 2 unspecified atom stereocenters. The van der Waals surface area contributed by atoms with Crippen molar-refractivity contribution in [1.29, 1.82) is 5.26 Å². The van der Waals surface area contributed by atoms with Gasteiger partial charge in [-0.05, 0) is 63.3 Å². The fourth-order valence-corrected chi connectivity index (χ4v) is 4.05. The van der Waals surface area contributed by atoms with Crippen molar-refractivity contribution in [2.45, 2.75) is 63.6 Å². The van der Waals surface area contributed by atoms with Gasteiger partial charge >= 0.3 is 0 Å². The van der Waals surface area contributed by atoms with Crippen LogP contribution in [0.4, 0.5) is 5.69 Å². The number of piperidine rings is 2. The molecule has 0 saturated carbocycles. The first-order chi connectivity index (χ1) is 10.3. The van der Waals surface area contributed by atoms with Gasteiger partial charge in [0, 0.05) is 23.8 Å². The highest BCUT2D eigenvalue weighted by atomic mass is 15.2. The van der Waals surface area contributed by atoms with E-state index in [0.717, 1.165) is 12.1 Å². The zero-order valence-electron chi connectivity index (χ0n) is 12.9. The molecule has 0 radical (unpaired) electrons. The largest absolute Gasteiger partial charge is 0.365 e. The van der Waals surface area contributed by atoms with Gasteiger partial charge in [-0.15, -0.1) is 0 Å². The Morgan fingerprint density at radius 2 is 2.05 bits per heavy atom. The van der Waals surface area contributed by atoms with Crippen molar-refractivity contribution < 1.29 is 0 Å². The molecule has 2 aliphatic heterocycles. The van der Waals surface area contributed by atoms with Crippen LogP contribution in [0.5, 0.6) is 0 Å². The van der Waals surface area contributed by atoms with Crippen LogP contribution >= 0.6 is 0 Å². The summed E-state index contributed by atoms with van der Waals surface area (Å²) in [5.74, 6) is 0. The second kappa shape index (κ2) is 6.49. The van der Waals surface area contributed by atoms with E-state index in [-0.39, 0.29) is 0 Å². The van der Waals surface area contributed by atoms with E-state index in [2.05, 4.69) is 35.3 Å². The maximum Gasteiger partial charge on any atom is 0.0992 e. The monoisotopic (exact) mass is 283 g/mol. The van der Waals surface area contributed by atoms with E-state index in [4.69, 9.17) is 5.26 Å². The summed E-state index contributed by atoms with van der Waals surface area (Å²) in [4.78, 5) is 2.61. The number of fused-ring (bicyclic) bond motifs is 2. The minimum absolute atomic E-state index is 0.640. The van der Waals surface area contributed by atoms with Gasteiger partial charge in [-0.2, -0.15) is 5.26 Å². The summed E-state index contributed by atoms with van der Waals surface area (Å²) in [6.45, 7) is 3.37. The van der Waals surface area contributed by atoms with Gasteiger partial charge in [0.1, 0.15) is 0 Å². The van der Waals surface area contributed by atoms with E-state index in [0.29, 0.717) is 18.1 Å². The summed E-state index contributed by atoms with van der Waals surface area (Å²) in [5.41, 5.74) is 2.02. The third kappa shape index (κ3) is 3.06. The van der Waals surface area contributed by atoms with E-state index in [1.165, 1.54) is 44.2 Å². The van der Waals surface area contributed by atoms with Crippen molar-refractivity contribution in [2.75, 3.05) is 11.4 Å². The average molecular weight is 283 g/mol. The Labute approximate surface area is 128 Å². The zero-order chi connectivity index (χ0) is 14.7.